The standard InChI is InChI=1S/C45H49N3O12/c1-2-30-31(47-24-46-30)20-26-19-25(11-13-33(26)50)12-14-37(52)48-32-22-35(59-45(58)41(55)40(54)39(53)36(23-49)60-45)34(51)21-28(32)38-29(15-18-44(38,48)42(56)57)43(16-7-4-8-17-43)27-9-5-3-6-10-27/h3,5-6,9-15,18-19,21-22,29,36,38-41,49-51,53-55,58H,2,4,7-8,16-17,20,23-24H2,1H3,(H,56,57)/b14-12+/t29-,36-,38+,39-,40+,41-,44-,45+/m1/s1. The van der Waals surface area contributed by atoms with Gasteiger partial charge >= 0.3 is 11.9 Å². The lowest BCUT2D eigenvalue weighted by atomic mass is 9.57. The molecule has 3 heterocycles. The summed E-state index contributed by atoms with van der Waals surface area (Å²) in [5, 5.41) is 86.4. The quantitative estimate of drug-likeness (QED) is 0.0788. The molecule has 1 saturated heterocycles. The number of amides is 1. The summed E-state index contributed by atoms with van der Waals surface area (Å²) in [5.74, 6) is -7.69. The van der Waals surface area contributed by atoms with Crippen LogP contribution in [-0.4, -0.2) is 113 Å². The lowest BCUT2D eigenvalue weighted by molar-refractivity contribution is -0.422. The minimum Gasteiger partial charge on any atom is -0.508 e. The van der Waals surface area contributed by atoms with E-state index in [1.807, 2.05) is 43.3 Å². The number of allylic oxidation sites excluding steroid dienone is 1. The molecular weight excluding hydrogens is 775 g/mol. The third kappa shape index (κ3) is 6.69. The van der Waals surface area contributed by atoms with Gasteiger partial charge in [-0.3, -0.25) is 19.7 Å². The molecule has 3 aliphatic heterocycles. The number of carbonyl (C=O) groups is 2. The van der Waals surface area contributed by atoms with Gasteiger partial charge in [-0.25, -0.2) is 4.79 Å². The van der Waals surface area contributed by atoms with Crippen LogP contribution in [-0.2, 0) is 26.2 Å². The van der Waals surface area contributed by atoms with Gasteiger partial charge in [0.25, 0.3) is 5.91 Å². The van der Waals surface area contributed by atoms with Crippen molar-refractivity contribution in [1.82, 2.24) is 0 Å². The van der Waals surface area contributed by atoms with E-state index in [9.17, 15) is 50.4 Å². The van der Waals surface area contributed by atoms with Crippen molar-refractivity contribution in [3.05, 3.63) is 101 Å². The number of carboxylic acids is 1. The van der Waals surface area contributed by atoms with Crippen LogP contribution in [0, 0.1) is 5.92 Å². The highest BCUT2D eigenvalue weighted by atomic mass is 16.8. The van der Waals surface area contributed by atoms with E-state index in [4.69, 9.17) is 9.47 Å². The summed E-state index contributed by atoms with van der Waals surface area (Å²) in [6.07, 6.45) is 3.72. The largest absolute Gasteiger partial charge is 0.508 e. The van der Waals surface area contributed by atoms with Gasteiger partial charge in [0.15, 0.2) is 23.1 Å². The minimum atomic E-state index is -3.11. The molecule has 5 aliphatic rings. The molecule has 1 saturated carbocycles. The Kier molecular flexibility index (Phi) is 10.9. The number of hydrogen-bond acceptors (Lipinski definition) is 13. The van der Waals surface area contributed by atoms with Crippen molar-refractivity contribution >= 4 is 35.1 Å². The molecule has 0 unspecified atom stereocenters. The van der Waals surface area contributed by atoms with Crippen LogP contribution in [0.15, 0.2) is 88.9 Å². The summed E-state index contributed by atoms with van der Waals surface area (Å²) < 4.78 is 11.0. The zero-order valence-electron chi connectivity index (χ0n) is 33.0. The van der Waals surface area contributed by atoms with Crippen molar-refractivity contribution in [3.8, 4) is 17.2 Å². The van der Waals surface area contributed by atoms with Gasteiger partial charge in [0, 0.05) is 35.5 Å². The van der Waals surface area contributed by atoms with E-state index in [1.54, 1.807) is 18.2 Å². The summed E-state index contributed by atoms with van der Waals surface area (Å²) in [6, 6.07) is 17.2. The van der Waals surface area contributed by atoms with Crippen molar-refractivity contribution < 1.29 is 59.9 Å². The normalized spacial score (nSPS) is 30.5. The van der Waals surface area contributed by atoms with Crippen molar-refractivity contribution in [3.63, 3.8) is 0 Å². The number of aliphatic carboxylic acids is 1. The van der Waals surface area contributed by atoms with E-state index in [0.29, 0.717) is 36.2 Å². The lowest BCUT2D eigenvalue weighted by Crippen LogP contribution is -2.67. The Balaban J connectivity index is 1.23. The van der Waals surface area contributed by atoms with Crippen molar-refractivity contribution in [2.45, 2.75) is 99.1 Å². The molecular formula is C45H49N3O12. The number of rotatable bonds is 11. The number of fused-ring (bicyclic) bond motifs is 3. The van der Waals surface area contributed by atoms with E-state index < -0.39 is 83.2 Å². The van der Waals surface area contributed by atoms with Gasteiger partial charge < -0.3 is 50.3 Å². The number of carbonyl (C=O) groups excluding carboxylic acids is 1. The Morgan fingerprint density at radius 1 is 0.950 bits per heavy atom. The van der Waals surface area contributed by atoms with Gasteiger partial charge in [-0.1, -0.05) is 74.7 Å². The summed E-state index contributed by atoms with van der Waals surface area (Å²) in [7, 11) is 0. The van der Waals surface area contributed by atoms with E-state index in [-0.39, 0.29) is 11.4 Å². The summed E-state index contributed by atoms with van der Waals surface area (Å²) in [4.78, 5) is 38.7. The third-order valence-corrected chi connectivity index (χ3v) is 13.0. The van der Waals surface area contributed by atoms with E-state index in [1.165, 1.54) is 30.4 Å². The first-order valence-electron chi connectivity index (χ1n) is 20.3. The topological polar surface area (TPSA) is 242 Å². The second kappa shape index (κ2) is 15.9. The van der Waals surface area contributed by atoms with Gasteiger partial charge in [0.1, 0.15) is 30.7 Å². The van der Waals surface area contributed by atoms with E-state index in [0.717, 1.165) is 54.0 Å². The smallest absolute Gasteiger partial charge is 0.355 e. The molecule has 0 radical (unpaired) electrons. The Bertz CT molecular complexity index is 2290. The molecule has 15 nitrogen and oxygen atoms in total. The number of aliphatic hydroxyl groups excluding tert-OH is 4. The molecule has 3 aromatic rings. The number of aliphatic hydroxyl groups is 5. The Morgan fingerprint density at radius 2 is 1.68 bits per heavy atom. The molecule has 8 N–H and O–H groups in total. The maximum Gasteiger partial charge on any atom is 0.355 e. The van der Waals surface area contributed by atoms with Crippen LogP contribution in [0.3, 0.4) is 0 Å². The fourth-order valence-corrected chi connectivity index (χ4v) is 10.1. The first kappa shape index (κ1) is 41.3. The molecule has 2 fully saturated rings. The Morgan fingerprint density at radius 3 is 2.38 bits per heavy atom. The number of hydrogen-bond donors (Lipinski definition) is 8. The second-order valence-corrected chi connectivity index (χ2v) is 16.2. The Hall–Kier alpha value is -5.42. The highest BCUT2D eigenvalue weighted by Gasteiger charge is 2.66. The molecule has 0 bridgehead atoms. The van der Waals surface area contributed by atoms with Gasteiger partial charge in [-0.2, -0.15) is 0 Å². The predicted octanol–water partition coefficient (Wildman–Crippen LogP) is 3.46. The maximum atomic E-state index is 14.8. The van der Waals surface area contributed by atoms with Gasteiger partial charge in [-0.05, 0) is 66.1 Å². The number of nitrogens with zero attached hydrogens (tertiary/aromatic N) is 3. The first-order valence-corrected chi connectivity index (χ1v) is 20.3. The number of phenols is 2. The summed E-state index contributed by atoms with van der Waals surface area (Å²) >= 11 is 0. The van der Waals surface area contributed by atoms with Gasteiger partial charge in [0.2, 0.25) is 0 Å². The Labute approximate surface area is 345 Å². The summed E-state index contributed by atoms with van der Waals surface area (Å²) in [5.41, 5.74) is 1.55. The number of phenolic OH excluding ortho intramolecular Hbond substituents is 2. The second-order valence-electron chi connectivity index (χ2n) is 16.2. The number of ether oxygens (including phenoxy) is 2. The van der Waals surface area contributed by atoms with Gasteiger partial charge in [0.05, 0.1) is 23.7 Å². The average molecular weight is 824 g/mol. The molecule has 2 aliphatic carbocycles. The molecule has 0 spiro atoms. The van der Waals surface area contributed by atoms with Crippen LogP contribution in [0.1, 0.15) is 73.6 Å². The number of anilines is 1. The van der Waals surface area contributed by atoms with Crippen molar-refractivity contribution in [1.29, 1.82) is 0 Å². The van der Waals surface area contributed by atoms with Crippen molar-refractivity contribution in [2.75, 3.05) is 18.2 Å². The van der Waals surface area contributed by atoms with Crippen LogP contribution in [0.2, 0.25) is 0 Å². The molecule has 8 atom stereocenters. The average Bonchev–Trinajstić information content (AvgIpc) is 3.95. The third-order valence-electron chi connectivity index (χ3n) is 13.0. The van der Waals surface area contributed by atoms with Crippen LogP contribution < -0.4 is 9.64 Å². The minimum absolute atomic E-state index is 0.0310. The van der Waals surface area contributed by atoms with Gasteiger partial charge in [-0.15, -0.1) is 0 Å². The number of benzene rings is 3. The highest BCUT2D eigenvalue weighted by Crippen LogP contribution is 2.64. The zero-order chi connectivity index (χ0) is 42.6. The van der Waals surface area contributed by atoms with Crippen LogP contribution in [0.5, 0.6) is 17.2 Å². The summed E-state index contributed by atoms with van der Waals surface area (Å²) in [6.45, 7) is 1.41. The van der Waals surface area contributed by atoms with E-state index >= 15 is 0 Å². The number of aliphatic imine (C=N–C) groups is 2. The SMILES string of the molecule is CCC1=NCN=C1Cc1cc(/C=C/C(=O)N2c3cc(O[C@]4(O)O[C@H](CO)[C@@H](O)[C@H](O)[C@H]4O)c(O)cc3[C@H]3[C@H](C4(c5ccccc5)CCCCC4)C=C[C@]32C(=O)O)ccc1O. The van der Waals surface area contributed by atoms with Crippen LogP contribution in [0.25, 0.3) is 6.08 Å². The van der Waals surface area contributed by atoms with E-state index in [2.05, 4.69) is 9.98 Å². The molecule has 0 aromatic heterocycles. The monoisotopic (exact) mass is 823 g/mol. The van der Waals surface area contributed by atoms with Crippen LogP contribution in [0.4, 0.5) is 5.69 Å². The molecule has 3 aromatic carbocycles. The molecule has 15 heteroatoms. The van der Waals surface area contributed by atoms with Crippen LogP contribution >= 0.6 is 0 Å². The maximum absolute atomic E-state index is 14.8. The fourth-order valence-electron chi connectivity index (χ4n) is 10.1. The molecule has 8 rings (SSSR count). The zero-order valence-corrected chi connectivity index (χ0v) is 33.0. The number of aromatic hydroxyl groups is 2. The number of carboxylic acid groups (broad SMARTS) is 1. The lowest BCUT2D eigenvalue weighted by Gasteiger charge is -2.46. The predicted molar refractivity (Wildman–Crippen MR) is 219 cm³/mol. The molecule has 316 valence electrons. The van der Waals surface area contributed by atoms with Crippen molar-refractivity contribution in [2.24, 2.45) is 15.9 Å². The first-order chi connectivity index (χ1) is 28.8. The highest BCUT2D eigenvalue weighted by molar-refractivity contribution is 6.43. The molecule has 1 amide bonds. The fraction of sp³-hybridized carbons (Fsp3) is 0.422. The molecule has 60 heavy (non-hydrogen) atoms.